The molecule has 1 amide bonds. The van der Waals surface area contributed by atoms with Gasteiger partial charge in [-0.25, -0.2) is 8.42 Å². The van der Waals surface area contributed by atoms with Crippen LogP contribution >= 0.6 is 0 Å². The molecule has 156 valence electrons. The highest BCUT2D eigenvalue weighted by Gasteiger charge is 2.27. The third-order valence-corrected chi connectivity index (χ3v) is 7.11. The molecular formula is C21H26N2O5S. The van der Waals surface area contributed by atoms with E-state index in [0.717, 1.165) is 5.56 Å². The maximum absolute atomic E-state index is 12.9. The molecule has 0 aromatic heterocycles. The fourth-order valence-electron chi connectivity index (χ4n) is 3.31. The number of methoxy groups -OCH3 is 1. The molecular weight excluding hydrogens is 392 g/mol. The summed E-state index contributed by atoms with van der Waals surface area (Å²) in [4.78, 5) is 14.7. The summed E-state index contributed by atoms with van der Waals surface area (Å²) in [6.07, 6.45) is 0. The van der Waals surface area contributed by atoms with E-state index in [-0.39, 0.29) is 16.8 Å². The van der Waals surface area contributed by atoms with Crippen molar-refractivity contribution in [3.63, 3.8) is 0 Å². The molecule has 1 atom stereocenters. The smallest absolute Gasteiger partial charge is 0.254 e. The lowest BCUT2D eigenvalue weighted by atomic mass is 10.0. The first kappa shape index (κ1) is 21.3. The van der Waals surface area contributed by atoms with Gasteiger partial charge in [0.15, 0.2) is 0 Å². The molecule has 0 bridgehead atoms. The number of rotatable bonds is 6. The van der Waals surface area contributed by atoms with Crippen LogP contribution in [0.25, 0.3) is 0 Å². The molecule has 1 aliphatic rings. The monoisotopic (exact) mass is 418 g/mol. The van der Waals surface area contributed by atoms with Crippen LogP contribution in [0.2, 0.25) is 0 Å². The van der Waals surface area contributed by atoms with Crippen molar-refractivity contribution in [2.45, 2.75) is 17.9 Å². The second-order valence-electron chi connectivity index (χ2n) is 6.87. The van der Waals surface area contributed by atoms with E-state index in [4.69, 9.17) is 9.47 Å². The molecule has 29 heavy (non-hydrogen) atoms. The number of amides is 1. The van der Waals surface area contributed by atoms with Gasteiger partial charge in [-0.05, 0) is 37.3 Å². The number of carbonyl (C=O) groups excluding carboxylic acids is 1. The first-order valence-electron chi connectivity index (χ1n) is 9.44. The molecule has 0 spiro atoms. The Morgan fingerprint density at radius 3 is 2.34 bits per heavy atom. The molecule has 0 radical (unpaired) electrons. The Morgan fingerprint density at radius 1 is 1.10 bits per heavy atom. The van der Waals surface area contributed by atoms with Gasteiger partial charge in [0.2, 0.25) is 10.0 Å². The van der Waals surface area contributed by atoms with E-state index < -0.39 is 10.0 Å². The third-order valence-electron chi connectivity index (χ3n) is 5.20. The topological polar surface area (TPSA) is 76.2 Å². The Bertz CT molecular complexity index is 953. The van der Waals surface area contributed by atoms with Crippen LogP contribution in [-0.4, -0.2) is 64.0 Å². The fourth-order valence-corrected chi connectivity index (χ4v) is 4.71. The molecule has 1 unspecified atom stereocenters. The van der Waals surface area contributed by atoms with Crippen LogP contribution < -0.4 is 4.74 Å². The van der Waals surface area contributed by atoms with Crippen LogP contribution in [0, 0.1) is 0 Å². The van der Waals surface area contributed by atoms with Gasteiger partial charge in [-0.3, -0.25) is 4.79 Å². The Balaban J connectivity index is 1.77. The minimum Gasteiger partial charge on any atom is -0.496 e. The lowest BCUT2D eigenvalue weighted by molar-refractivity contribution is 0.0730. The van der Waals surface area contributed by atoms with Crippen LogP contribution in [0.4, 0.5) is 0 Å². The van der Waals surface area contributed by atoms with Gasteiger partial charge >= 0.3 is 0 Å². The average molecular weight is 419 g/mol. The van der Waals surface area contributed by atoms with E-state index in [1.807, 2.05) is 31.2 Å². The SMILES string of the molecule is COc1ccccc1C(C)N(C)C(=O)c1ccc(S(=O)(=O)N2CCOCC2)cc1. The Hall–Kier alpha value is -2.42. The van der Waals surface area contributed by atoms with Crippen LogP contribution in [0.3, 0.4) is 0 Å². The van der Waals surface area contributed by atoms with Gasteiger partial charge in [0.05, 0.1) is 31.3 Å². The number of nitrogens with zero attached hydrogens (tertiary/aromatic N) is 2. The summed E-state index contributed by atoms with van der Waals surface area (Å²) in [6.45, 7) is 3.38. The number of para-hydroxylation sites is 1. The average Bonchev–Trinajstić information content (AvgIpc) is 2.78. The Kier molecular flexibility index (Phi) is 6.56. The number of benzene rings is 2. The normalized spacial score (nSPS) is 16.2. The van der Waals surface area contributed by atoms with Crippen LogP contribution in [0.5, 0.6) is 5.75 Å². The van der Waals surface area contributed by atoms with Gasteiger partial charge in [0.25, 0.3) is 5.91 Å². The number of ether oxygens (including phenoxy) is 2. The minimum absolute atomic E-state index is 0.177. The molecule has 8 heteroatoms. The zero-order valence-electron chi connectivity index (χ0n) is 16.9. The van der Waals surface area contributed by atoms with Gasteiger partial charge in [0.1, 0.15) is 5.75 Å². The van der Waals surface area contributed by atoms with Gasteiger partial charge in [0, 0.05) is 31.3 Å². The zero-order valence-corrected chi connectivity index (χ0v) is 17.7. The number of hydrogen-bond acceptors (Lipinski definition) is 5. The lowest BCUT2D eigenvalue weighted by Crippen LogP contribution is -2.40. The second kappa shape index (κ2) is 8.94. The first-order chi connectivity index (χ1) is 13.9. The van der Waals surface area contributed by atoms with E-state index in [2.05, 4.69) is 0 Å². The minimum atomic E-state index is -3.58. The first-order valence-corrected chi connectivity index (χ1v) is 10.9. The second-order valence-corrected chi connectivity index (χ2v) is 8.81. The predicted molar refractivity (Wildman–Crippen MR) is 110 cm³/mol. The maximum atomic E-state index is 12.9. The summed E-state index contributed by atoms with van der Waals surface area (Å²) in [5.41, 5.74) is 1.33. The molecule has 0 N–H and O–H groups in total. The number of morpholine rings is 1. The van der Waals surface area contributed by atoms with Crippen LogP contribution in [-0.2, 0) is 14.8 Å². The van der Waals surface area contributed by atoms with Crippen molar-refractivity contribution in [1.82, 2.24) is 9.21 Å². The maximum Gasteiger partial charge on any atom is 0.254 e. The molecule has 0 aliphatic carbocycles. The number of hydrogen-bond donors (Lipinski definition) is 0. The zero-order chi connectivity index (χ0) is 21.0. The summed E-state index contributed by atoms with van der Waals surface area (Å²) in [7, 11) is -0.263. The Labute approximate surface area is 171 Å². The molecule has 1 saturated heterocycles. The van der Waals surface area contributed by atoms with Gasteiger partial charge in [-0.1, -0.05) is 18.2 Å². The van der Waals surface area contributed by atoms with Crippen molar-refractivity contribution in [2.24, 2.45) is 0 Å². The highest BCUT2D eigenvalue weighted by Crippen LogP contribution is 2.29. The van der Waals surface area contributed by atoms with Crippen molar-refractivity contribution in [1.29, 1.82) is 0 Å². The summed E-state index contributed by atoms with van der Waals surface area (Å²) in [5.74, 6) is 0.519. The number of sulfonamides is 1. The van der Waals surface area contributed by atoms with E-state index in [0.29, 0.717) is 37.6 Å². The molecule has 3 rings (SSSR count). The lowest BCUT2D eigenvalue weighted by Gasteiger charge is -2.27. The molecule has 2 aromatic carbocycles. The largest absolute Gasteiger partial charge is 0.496 e. The quantitative estimate of drug-likeness (QED) is 0.721. The van der Waals surface area contributed by atoms with Crippen LogP contribution in [0.15, 0.2) is 53.4 Å². The third kappa shape index (κ3) is 4.44. The molecule has 2 aromatic rings. The Morgan fingerprint density at radius 2 is 1.72 bits per heavy atom. The fraction of sp³-hybridized carbons (Fsp3) is 0.381. The highest BCUT2D eigenvalue weighted by atomic mass is 32.2. The summed E-state index contributed by atoms with van der Waals surface area (Å²) >= 11 is 0. The molecule has 7 nitrogen and oxygen atoms in total. The van der Waals surface area contributed by atoms with Crippen molar-refractivity contribution in [3.8, 4) is 5.75 Å². The van der Waals surface area contributed by atoms with Gasteiger partial charge in [-0.15, -0.1) is 0 Å². The molecule has 1 heterocycles. The van der Waals surface area contributed by atoms with Crippen molar-refractivity contribution >= 4 is 15.9 Å². The van der Waals surface area contributed by atoms with E-state index in [1.54, 1.807) is 31.2 Å². The van der Waals surface area contributed by atoms with Gasteiger partial charge in [-0.2, -0.15) is 4.31 Å². The predicted octanol–water partition coefficient (Wildman–Crippen LogP) is 2.55. The van der Waals surface area contributed by atoms with Crippen molar-refractivity contribution < 1.29 is 22.7 Å². The van der Waals surface area contributed by atoms with Crippen LogP contribution in [0.1, 0.15) is 28.9 Å². The molecule has 1 fully saturated rings. The molecule has 1 aliphatic heterocycles. The van der Waals surface area contributed by atoms with E-state index in [1.165, 1.54) is 16.4 Å². The van der Waals surface area contributed by atoms with Crippen molar-refractivity contribution in [2.75, 3.05) is 40.5 Å². The highest BCUT2D eigenvalue weighted by molar-refractivity contribution is 7.89. The molecule has 0 saturated carbocycles. The summed E-state index contributed by atoms with van der Waals surface area (Å²) in [6, 6.07) is 13.4. The van der Waals surface area contributed by atoms with E-state index in [9.17, 15) is 13.2 Å². The van der Waals surface area contributed by atoms with E-state index >= 15 is 0 Å². The summed E-state index contributed by atoms with van der Waals surface area (Å²) < 4.78 is 37.5. The number of carbonyl (C=O) groups is 1. The summed E-state index contributed by atoms with van der Waals surface area (Å²) in [5, 5.41) is 0. The van der Waals surface area contributed by atoms with Gasteiger partial charge < -0.3 is 14.4 Å². The standard InChI is InChI=1S/C21H26N2O5S/c1-16(19-6-4-5-7-20(19)27-3)22(2)21(24)17-8-10-18(11-9-17)29(25,26)23-12-14-28-15-13-23/h4-11,16H,12-15H2,1-3H3. The van der Waals surface area contributed by atoms with Crippen molar-refractivity contribution in [3.05, 3.63) is 59.7 Å².